The molecule has 0 aliphatic carbocycles. The van der Waals surface area contributed by atoms with Crippen molar-refractivity contribution in [3.63, 3.8) is 0 Å². The standard InChI is InChI=1S/C23H37N5O7S/c1-13-14(2)19(15(3)16-10-11-23(4,5)35-18(13)16)36(32,33)27-21(24)25-12-8-9-17(26-22(30)31)20(29)28(6)34-7/h17,26H,8-12H2,1-7H3,(H,30,31)(H3,24,25,27)/t17-/m0/s1. The number of hydroxylamine groups is 2. The van der Waals surface area contributed by atoms with Gasteiger partial charge in [-0.25, -0.2) is 23.0 Å². The summed E-state index contributed by atoms with van der Waals surface area (Å²) in [7, 11) is -1.42. The Morgan fingerprint density at radius 2 is 1.86 bits per heavy atom. The van der Waals surface area contributed by atoms with E-state index in [4.69, 9.17) is 20.1 Å². The van der Waals surface area contributed by atoms with Gasteiger partial charge in [0.15, 0.2) is 0 Å². The van der Waals surface area contributed by atoms with Crippen molar-refractivity contribution >= 4 is 28.0 Å². The molecule has 12 nitrogen and oxygen atoms in total. The van der Waals surface area contributed by atoms with Crippen molar-refractivity contribution in [1.29, 1.82) is 5.41 Å². The van der Waals surface area contributed by atoms with Gasteiger partial charge in [0.25, 0.3) is 15.9 Å². The highest BCUT2D eigenvalue weighted by Gasteiger charge is 2.33. The third kappa shape index (κ3) is 6.78. The van der Waals surface area contributed by atoms with Gasteiger partial charge in [-0.05, 0) is 82.6 Å². The Morgan fingerprint density at radius 3 is 2.44 bits per heavy atom. The van der Waals surface area contributed by atoms with Crippen LogP contribution in [0.2, 0.25) is 0 Å². The van der Waals surface area contributed by atoms with E-state index < -0.39 is 34.0 Å². The predicted molar refractivity (Wildman–Crippen MR) is 134 cm³/mol. The minimum absolute atomic E-state index is 0.116. The molecular weight excluding hydrogens is 490 g/mol. The summed E-state index contributed by atoms with van der Waals surface area (Å²) in [5.74, 6) is -0.270. The molecule has 5 N–H and O–H groups in total. The van der Waals surface area contributed by atoms with E-state index in [0.29, 0.717) is 17.5 Å². The maximum Gasteiger partial charge on any atom is 0.405 e. The molecule has 0 bridgehead atoms. The summed E-state index contributed by atoms with van der Waals surface area (Å²) in [6.45, 7) is 9.45. The maximum atomic E-state index is 13.2. The first-order valence-corrected chi connectivity index (χ1v) is 13.1. The molecule has 0 unspecified atom stereocenters. The number of guanidine groups is 1. The number of hydrogen-bond donors (Lipinski definition) is 5. The molecule has 1 aromatic carbocycles. The molecule has 1 atom stereocenters. The van der Waals surface area contributed by atoms with E-state index in [2.05, 4.69) is 15.4 Å². The summed E-state index contributed by atoms with van der Waals surface area (Å²) in [6.07, 6.45) is 0.488. The van der Waals surface area contributed by atoms with Crippen molar-refractivity contribution in [2.75, 3.05) is 20.7 Å². The van der Waals surface area contributed by atoms with Crippen LogP contribution in [-0.4, -0.2) is 68.9 Å². The summed E-state index contributed by atoms with van der Waals surface area (Å²) >= 11 is 0. The molecule has 0 saturated carbocycles. The van der Waals surface area contributed by atoms with E-state index in [1.54, 1.807) is 13.8 Å². The number of carboxylic acid groups (broad SMARTS) is 1. The van der Waals surface area contributed by atoms with Gasteiger partial charge in [0.05, 0.1) is 12.0 Å². The SMILES string of the molecule is CON(C)C(=O)[C@H](CCCNC(=N)NS(=O)(=O)c1c(C)c(C)c2c(c1C)CCC(C)(C)O2)NC(=O)O. The smallest absolute Gasteiger partial charge is 0.405 e. The summed E-state index contributed by atoms with van der Waals surface area (Å²) in [5, 5.41) is 22.8. The van der Waals surface area contributed by atoms with E-state index in [1.807, 2.05) is 20.8 Å². The van der Waals surface area contributed by atoms with Gasteiger partial charge in [0.1, 0.15) is 17.4 Å². The Bertz CT molecular complexity index is 1130. The average Bonchev–Trinajstić information content (AvgIpc) is 2.77. The van der Waals surface area contributed by atoms with E-state index in [1.165, 1.54) is 14.2 Å². The minimum Gasteiger partial charge on any atom is -0.487 e. The fraction of sp³-hybridized carbons (Fsp3) is 0.609. The Hall–Kier alpha value is -3.06. The molecule has 1 aromatic rings. The van der Waals surface area contributed by atoms with E-state index in [9.17, 15) is 18.0 Å². The molecule has 0 radical (unpaired) electrons. The van der Waals surface area contributed by atoms with Crippen molar-refractivity contribution in [2.45, 2.75) is 76.8 Å². The highest BCUT2D eigenvalue weighted by Crippen LogP contribution is 2.42. The summed E-state index contributed by atoms with van der Waals surface area (Å²) < 4.78 is 34.9. The van der Waals surface area contributed by atoms with Crippen LogP contribution >= 0.6 is 0 Å². The number of likely N-dealkylation sites (N-methyl/N-ethyl adjacent to an activating group) is 1. The lowest BCUT2D eigenvalue weighted by Gasteiger charge is -2.35. The van der Waals surface area contributed by atoms with Crippen molar-refractivity contribution in [3.8, 4) is 5.75 Å². The third-order valence-electron chi connectivity index (χ3n) is 6.32. The van der Waals surface area contributed by atoms with Gasteiger partial charge in [-0.3, -0.25) is 15.0 Å². The van der Waals surface area contributed by atoms with Gasteiger partial charge >= 0.3 is 6.09 Å². The van der Waals surface area contributed by atoms with E-state index >= 15 is 0 Å². The Morgan fingerprint density at radius 1 is 1.22 bits per heavy atom. The quantitative estimate of drug-likeness (QED) is 0.140. The van der Waals surface area contributed by atoms with Gasteiger partial charge < -0.3 is 20.5 Å². The summed E-state index contributed by atoms with van der Waals surface area (Å²) in [6, 6.07) is -1.05. The number of rotatable bonds is 9. The van der Waals surface area contributed by atoms with E-state index in [0.717, 1.165) is 28.4 Å². The highest BCUT2D eigenvalue weighted by molar-refractivity contribution is 7.90. The van der Waals surface area contributed by atoms with Crippen LogP contribution in [0.3, 0.4) is 0 Å². The number of amides is 2. The lowest BCUT2D eigenvalue weighted by Crippen LogP contribution is -2.47. The molecule has 13 heteroatoms. The predicted octanol–water partition coefficient (Wildman–Crippen LogP) is 1.95. The monoisotopic (exact) mass is 527 g/mol. The summed E-state index contributed by atoms with van der Waals surface area (Å²) in [4.78, 5) is 28.2. The molecule has 1 aliphatic rings. The molecule has 1 heterocycles. The van der Waals surface area contributed by atoms with Gasteiger partial charge in [-0.2, -0.15) is 0 Å². The number of benzene rings is 1. The van der Waals surface area contributed by atoms with Crippen LogP contribution in [0.5, 0.6) is 5.75 Å². The molecule has 0 aromatic heterocycles. The molecule has 2 amide bonds. The van der Waals surface area contributed by atoms with Gasteiger partial charge in [-0.15, -0.1) is 0 Å². The fourth-order valence-corrected chi connectivity index (χ4v) is 5.73. The lowest BCUT2D eigenvalue weighted by molar-refractivity contribution is -0.171. The number of nitrogens with zero attached hydrogens (tertiary/aromatic N) is 1. The molecule has 1 aliphatic heterocycles. The lowest BCUT2D eigenvalue weighted by atomic mass is 9.88. The maximum absolute atomic E-state index is 13.2. The molecule has 36 heavy (non-hydrogen) atoms. The van der Waals surface area contributed by atoms with Crippen LogP contribution in [0.1, 0.15) is 55.4 Å². The number of fused-ring (bicyclic) bond motifs is 1. The number of ether oxygens (including phenoxy) is 1. The first-order valence-electron chi connectivity index (χ1n) is 11.6. The van der Waals surface area contributed by atoms with Crippen LogP contribution < -0.4 is 20.1 Å². The minimum atomic E-state index is -4.06. The van der Waals surface area contributed by atoms with Crippen molar-refractivity contribution in [1.82, 2.24) is 20.4 Å². The zero-order valence-electron chi connectivity index (χ0n) is 21.9. The average molecular weight is 528 g/mol. The Balaban J connectivity index is 2.08. The molecular formula is C23H37N5O7S. The largest absolute Gasteiger partial charge is 0.487 e. The number of sulfonamides is 1. The molecule has 0 spiro atoms. The van der Waals surface area contributed by atoms with Gasteiger partial charge in [0, 0.05) is 13.6 Å². The van der Waals surface area contributed by atoms with Gasteiger partial charge in [0.2, 0.25) is 5.96 Å². The van der Waals surface area contributed by atoms with Crippen LogP contribution in [0.4, 0.5) is 4.79 Å². The second kappa shape index (κ2) is 11.3. The Labute approximate surface area is 212 Å². The number of carbonyl (C=O) groups is 2. The number of nitrogens with one attached hydrogen (secondary N) is 4. The second-order valence-electron chi connectivity index (χ2n) is 9.44. The molecule has 2 rings (SSSR count). The van der Waals surface area contributed by atoms with Crippen LogP contribution in [0, 0.1) is 26.2 Å². The van der Waals surface area contributed by atoms with Crippen molar-refractivity contribution in [3.05, 3.63) is 22.3 Å². The fourth-order valence-electron chi connectivity index (χ4n) is 4.21. The topological polar surface area (TPSA) is 170 Å². The van der Waals surface area contributed by atoms with Gasteiger partial charge in [-0.1, -0.05) is 0 Å². The molecule has 0 saturated heterocycles. The molecule has 202 valence electrons. The highest BCUT2D eigenvalue weighted by atomic mass is 32.2. The first-order chi connectivity index (χ1) is 16.6. The van der Waals surface area contributed by atoms with Crippen molar-refractivity contribution in [2.24, 2.45) is 0 Å². The van der Waals surface area contributed by atoms with Crippen LogP contribution in [0.15, 0.2) is 4.90 Å². The number of carbonyl (C=O) groups excluding carboxylic acids is 1. The summed E-state index contributed by atoms with van der Waals surface area (Å²) in [5.41, 5.74) is 2.45. The normalized spacial score (nSPS) is 15.2. The third-order valence-corrected chi connectivity index (χ3v) is 7.95. The first kappa shape index (κ1) is 29.2. The van der Waals surface area contributed by atoms with Crippen LogP contribution in [0.25, 0.3) is 0 Å². The number of hydrogen-bond acceptors (Lipinski definition) is 7. The molecule has 0 fully saturated rings. The van der Waals surface area contributed by atoms with Crippen molar-refractivity contribution < 1.29 is 32.7 Å². The zero-order valence-corrected chi connectivity index (χ0v) is 22.7. The Kier molecular flexibility index (Phi) is 9.18. The second-order valence-corrected chi connectivity index (χ2v) is 11.1. The zero-order chi connectivity index (χ0) is 27.4. The van der Waals surface area contributed by atoms with E-state index in [-0.39, 0.29) is 29.9 Å². The van der Waals surface area contributed by atoms with Crippen LogP contribution in [-0.2, 0) is 26.1 Å².